The van der Waals surface area contributed by atoms with Crippen molar-refractivity contribution in [3.63, 3.8) is 0 Å². The van der Waals surface area contributed by atoms with E-state index in [2.05, 4.69) is 32.6 Å². The van der Waals surface area contributed by atoms with Crippen LogP contribution in [0, 0.1) is 4.77 Å². The van der Waals surface area contributed by atoms with Crippen molar-refractivity contribution in [2.45, 2.75) is 39.3 Å². The first-order valence-electron chi connectivity index (χ1n) is 8.41. The molecule has 1 fully saturated rings. The van der Waals surface area contributed by atoms with Crippen LogP contribution < -0.4 is 4.90 Å². The van der Waals surface area contributed by atoms with Gasteiger partial charge in [0.25, 0.3) is 0 Å². The molecule has 2 heterocycles. The van der Waals surface area contributed by atoms with E-state index in [1.165, 1.54) is 4.90 Å². The number of benzene rings is 1. The van der Waals surface area contributed by atoms with E-state index in [4.69, 9.17) is 22.1 Å². The van der Waals surface area contributed by atoms with E-state index in [9.17, 15) is 0 Å². The Morgan fingerprint density at radius 3 is 2.58 bits per heavy atom. The zero-order valence-electron chi connectivity index (χ0n) is 14.3. The maximum Gasteiger partial charge on any atom is 0.203 e. The highest BCUT2D eigenvalue weighted by Gasteiger charge is 2.26. The average Bonchev–Trinajstić information content (AvgIpc) is 2.85. The third kappa shape index (κ3) is 3.66. The molecule has 0 radical (unpaired) electrons. The number of hydrogen-bond acceptors (Lipinski definition) is 3. The number of nitrogens with one attached hydrogen (secondary N) is 1. The molecule has 0 aliphatic carbocycles. The minimum Gasteiger partial charge on any atom is -0.364 e. The normalized spacial score (nSPS) is 24.0. The van der Waals surface area contributed by atoms with Crippen molar-refractivity contribution < 1.29 is 9.64 Å². The Morgan fingerprint density at radius 1 is 1.29 bits per heavy atom. The van der Waals surface area contributed by atoms with Crippen LogP contribution >= 0.6 is 12.2 Å². The first kappa shape index (κ1) is 17.1. The van der Waals surface area contributed by atoms with Crippen LogP contribution in [0.4, 0.5) is 0 Å². The van der Waals surface area contributed by atoms with Crippen molar-refractivity contribution in [3.05, 3.63) is 47.8 Å². The molecule has 2 aromatic rings. The Balaban J connectivity index is 1.91. The Hall–Kier alpha value is -1.76. The van der Waals surface area contributed by atoms with Gasteiger partial charge in [0.1, 0.15) is 25.3 Å². The van der Waals surface area contributed by atoms with Crippen LogP contribution in [0.2, 0.25) is 0 Å². The number of aromatic nitrogens is 3. The van der Waals surface area contributed by atoms with E-state index in [1.54, 1.807) is 0 Å². The summed E-state index contributed by atoms with van der Waals surface area (Å²) < 4.78 is 10.6. The van der Waals surface area contributed by atoms with Gasteiger partial charge in [0, 0.05) is 12.1 Å². The van der Waals surface area contributed by atoms with Crippen molar-refractivity contribution in [2.75, 3.05) is 13.1 Å². The Kier molecular flexibility index (Phi) is 5.28. The summed E-state index contributed by atoms with van der Waals surface area (Å²) in [5, 5.41) is 4.81. The van der Waals surface area contributed by atoms with Crippen molar-refractivity contribution in [3.8, 4) is 11.4 Å². The van der Waals surface area contributed by atoms with Gasteiger partial charge in [-0.15, -0.1) is 11.7 Å². The maximum absolute atomic E-state index is 5.83. The molecule has 0 saturated carbocycles. The number of quaternary nitrogens is 1. The van der Waals surface area contributed by atoms with Gasteiger partial charge in [-0.3, -0.25) is 4.57 Å². The van der Waals surface area contributed by atoms with Crippen LogP contribution in [0.5, 0.6) is 0 Å². The molecule has 0 amide bonds. The number of morpholine rings is 1. The minimum absolute atomic E-state index is 0.266. The number of ether oxygens (including phenoxy) is 1. The molecule has 1 saturated heterocycles. The van der Waals surface area contributed by atoms with Gasteiger partial charge in [-0.25, -0.2) is 0 Å². The highest BCUT2D eigenvalue weighted by Crippen LogP contribution is 2.17. The summed E-state index contributed by atoms with van der Waals surface area (Å²) in [5.74, 6) is 0.897. The fourth-order valence-electron chi connectivity index (χ4n) is 3.37. The van der Waals surface area contributed by atoms with Crippen molar-refractivity contribution in [1.29, 1.82) is 0 Å². The first-order valence-corrected chi connectivity index (χ1v) is 8.82. The summed E-state index contributed by atoms with van der Waals surface area (Å²) in [7, 11) is 0. The second kappa shape index (κ2) is 7.42. The molecule has 128 valence electrons. The summed E-state index contributed by atoms with van der Waals surface area (Å²) >= 11 is 5.68. The number of rotatable bonds is 5. The number of allylic oxidation sites excluding steroid dienone is 1. The van der Waals surface area contributed by atoms with Crippen LogP contribution in [0.15, 0.2) is 43.0 Å². The molecule has 1 aliphatic rings. The summed E-state index contributed by atoms with van der Waals surface area (Å²) in [6, 6.07) is 10.2. The SMILES string of the molecule is C=CCn1c(-c2ccccc2)nn(C[NH+]2C[C@@H](C)O[C@H](C)C2)c1=S. The average molecular weight is 345 g/mol. The van der Waals surface area contributed by atoms with Crippen LogP contribution in [0.3, 0.4) is 0 Å². The second-order valence-corrected chi connectivity index (χ2v) is 6.81. The van der Waals surface area contributed by atoms with Crippen LogP contribution in [0.1, 0.15) is 13.8 Å². The van der Waals surface area contributed by atoms with Gasteiger partial charge in [-0.2, -0.15) is 4.68 Å². The summed E-state index contributed by atoms with van der Waals surface area (Å²) in [4.78, 5) is 1.44. The molecule has 6 heteroatoms. The second-order valence-electron chi connectivity index (χ2n) is 6.44. The van der Waals surface area contributed by atoms with Crippen LogP contribution in [-0.4, -0.2) is 39.6 Å². The standard InChI is InChI=1S/C18H24N4OS/c1-4-10-21-17(16-8-6-5-7-9-16)19-22(18(21)24)13-20-11-14(2)23-15(3)12-20/h4-9,14-15H,1,10-13H2,2-3H3/p+1/t14-,15-/m1/s1. The highest BCUT2D eigenvalue weighted by molar-refractivity contribution is 7.71. The lowest BCUT2D eigenvalue weighted by Crippen LogP contribution is -3.14. The van der Waals surface area contributed by atoms with Gasteiger partial charge in [-0.1, -0.05) is 36.4 Å². The Labute approximate surface area is 148 Å². The molecule has 0 unspecified atom stereocenters. The van der Waals surface area contributed by atoms with Crippen molar-refractivity contribution in [1.82, 2.24) is 14.3 Å². The van der Waals surface area contributed by atoms with Gasteiger partial charge in [0.05, 0.1) is 0 Å². The quantitative estimate of drug-likeness (QED) is 0.664. The molecule has 1 aromatic carbocycles. The molecule has 1 N–H and O–H groups in total. The molecular weight excluding hydrogens is 320 g/mol. The molecule has 5 nitrogen and oxygen atoms in total. The van der Waals surface area contributed by atoms with Gasteiger partial charge in [-0.05, 0) is 26.1 Å². The fraction of sp³-hybridized carbons (Fsp3) is 0.444. The van der Waals surface area contributed by atoms with Crippen LogP contribution in [0.25, 0.3) is 11.4 Å². The fourth-order valence-corrected chi connectivity index (χ4v) is 3.63. The smallest absolute Gasteiger partial charge is 0.203 e. The lowest BCUT2D eigenvalue weighted by atomic mass is 10.2. The summed E-state index contributed by atoms with van der Waals surface area (Å²) in [5.41, 5.74) is 1.07. The van der Waals surface area contributed by atoms with E-state index in [1.807, 2.05) is 33.5 Å². The molecule has 0 bridgehead atoms. The maximum atomic E-state index is 5.83. The number of hydrogen-bond donors (Lipinski definition) is 1. The molecule has 3 rings (SSSR count). The van der Waals surface area contributed by atoms with Crippen molar-refractivity contribution >= 4 is 12.2 Å². The molecule has 2 atom stereocenters. The zero-order chi connectivity index (χ0) is 17.1. The molecular formula is C18H25N4OS+. The van der Waals surface area contributed by atoms with Crippen LogP contribution in [-0.2, 0) is 18.0 Å². The minimum atomic E-state index is 0.266. The first-order chi connectivity index (χ1) is 11.6. The summed E-state index contributed by atoms with van der Waals surface area (Å²) in [6.45, 7) is 11.5. The largest absolute Gasteiger partial charge is 0.364 e. The van der Waals surface area contributed by atoms with E-state index in [-0.39, 0.29) is 12.2 Å². The predicted molar refractivity (Wildman–Crippen MR) is 97.4 cm³/mol. The third-order valence-electron chi connectivity index (χ3n) is 4.26. The lowest BCUT2D eigenvalue weighted by Gasteiger charge is -2.32. The Bertz CT molecular complexity index is 742. The van der Waals surface area contributed by atoms with Gasteiger partial charge in [0.2, 0.25) is 4.77 Å². The molecule has 1 aliphatic heterocycles. The zero-order valence-corrected chi connectivity index (χ0v) is 15.1. The van der Waals surface area contributed by atoms with E-state index in [0.717, 1.165) is 35.9 Å². The van der Waals surface area contributed by atoms with E-state index >= 15 is 0 Å². The van der Waals surface area contributed by atoms with E-state index < -0.39 is 0 Å². The van der Waals surface area contributed by atoms with Crippen molar-refractivity contribution in [2.24, 2.45) is 0 Å². The topological polar surface area (TPSA) is 36.4 Å². The summed E-state index contributed by atoms with van der Waals surface area (Å²) in [6.07, 6.45) is 2.39. The van der Waals surface area contributed by atoms with Gasteiger partial charge in [0.15, 0.2) is 12.5 Å². The molecule has 1 aromatic heterocycles. The van der Waals surface area contributed by atoms with E-state index in [0.29, 0.717) is 6.54 Å². The number of nitrogens with zero attached hydrogens (tertiary/aromatic N) is 3. The molecule has 0 spiro atoms. The van der Waals surface area contributed by atoms with Gasteiger partial charge < -0.3 is 9.64 Å². The highest BCUT2D eigenvalue weighted by atomic mass is 32.1. The molecule has 24 heavy (non-hydrogen) atoms. The Morgan fingerprint density at radius 2 is 1.96 bits per heavy atom. The monoisotopic (exact) mass is 345 g/mol. The predicted octanol–water partition coefficient (Wildman–Crippen LogP) is 1.92. The lowest BCUT2D eigenvalue weighted by molar-refractivity contribution is -0.937. The van der Waals surface area contributed by atoms with Gasteiger partial charge >= 0.3 is 0 Å². The third-order valence-corrected chi connectivity index (χ3v) is 4.69.